The normalized spacial score (nSPS) is 10.6. The minimum atomic E-state index is -0.470. The Hall–Kier alpha value is -4.52. The number of hydrogen-bond donors (Lipinski definition) is 1. The number of nitro benzene ring substituents is 1. The zero-order valence-corrected chi connectivity index (χ0v) is 16.6. The fraction of sp³-hybridized carbons (Fsp3) is 0.143. The molecule has 0 amide bonds. The van der Waals surface area contributed by atoms with E-state index in [9.17, 15) is 10.1 Å². The molecule has 0 saturated heterocycles. The van der Waals surface area contributed by atoms with Crippen molar-refractivity contribution in [3.8, 4) is 17.8 Å². The number of anilines is 2. The van der Waals surface area contributed by atoms with Gasteiger partial charge < -0.3 is 14.5 Å². The largest absolute Gasteiger partial charge is 0.464 e. The summed E-state index contributed by atoms with van der Waals surface area (Å²) in [5, 5.41) is 23.6. The van der Waals surface area contributed by atoms with E-state index >= 15 is 0 Å². The highest BCUT2D eigenvalue weighted by Crippen LogP contribution is 2.36. The second kappa shape index (κ2) is 8.08. The molecule has 0 aliphatic heterocycles. The quantitative estimate of drug-likeness (QED) is 0.348. The molecule has 2 aromatic carbocycles. The van der Waals surface area contributed by atoms with E-state index in [0.717, 1.165) is 22.1 Å². The summed E-state index contributed by atoms with van der Waals surface area (Å²) < 4.78 is 11.6. The number of hydrogen-bond acceptors (Lipinski definition) is 9. The number of furan rings is 1. The molecular weight excluding hydrogens is 400 g/mol. The SMILES string of the molecule is Cc1cc2c(CC#N)coc2c(C)c1Oc1ncnc(Nc2ccc([N+](=O)[O-])cc2)n1. The third-order valence-corrected chi connectivity index (χ3v) is 4.66. The van der Waals surface area contributed by atoms with Gasteiger partial charge in [0.15, 0.2) is 0 Å². The Bertz CT molecular complexity index is 1320. The number of nitriles is 1. The Kier molecular flexibility index (Phi) is 5.15. The van der Waals surface area contributed by atoms with E-state index in [1.807, 2.05) is 19.9 Å². The van der Waals surface area contributed by atoms with Crippen molar-refractivity contribution in [2.45, 2.75) is 20.3 Å². The lowest BCUT2D eigenvalue weighted by atomic mass is 10.0. The Morgan fingerprint density at radius 3 is 2.74 bits per heavy atom. The molecule has 10 heteroatoms. The maximum absolute atomic E-state index is 10.8. The standard InChI is InChI=1S/C21H16N6O4/c1-12-9-17-14(7-8-22)10-30-19(17)13(2)18(12)31-21-24-11-23-20(26-21)25-15-3-5-16(6-4-15)27(28)29/h3-6,9-11H,7H2,1-2H3,(H,23,24,25,26). The molecule has 0 aliphatic rings. The van der Waals surface area contributed by atoms with Crippen molar-refractivity contribution in [2.75, 3.05) is 5.32 Å². The molecule has 0 radical (unpaired) electrons. The summed E-state index contributed by atoms with van der Waals surface area (Å²) in [6.07, 6.45) is 3.15. The number of rotatable bonds is 6. The van der Waals surface area contributed by atoms with Crippen molar-refractivity contribution < 1.29 is 14.1 Å². The Morgan fingerprint density at radius 1 is 1.26 bits per heavy atom. The molecule has 31 heavy (non-hydrogen) atoms. The number of fused-ring (bicyclic) bond motifs is 1. The Morgan fingerprint density at radius 2 is 2.03 bits per heavy atom. The summed E-state index contributed by atoms with van der Waals surface area (Å²) in [5.41, 5.74) is 3.65. The summed E-state index contributed by atoms with van der Waals surface area (Å²) >= 11 is 0. The highest BCUT2D eigenvalue weighted by molar-refractivity contribution is 5.87. The zero-order chi connectivity index (χ0) is 22.0. The number of aryl methyl sites for hydroxylation is 2. The average Bonchev–Trinajstić information content (AvgIpc) is 3.15. The van der Waals surface area contributed by atoms with Crippen LogP contribution in [0.15, 0.2) is 47.3 Å². The van der Waals surface area contributed by atoms with Crippen molar-refractivity contribution in [1.29, 1.82) is 5.26 Å². The first-order valence-electron chi connectivity index (χ1n) is 9.22. The van der Waals surface area contributed by atoms with Crippen molar-refractivity contribution in [1.82, 2.24) is 15.0 Å². The van der Waals surface area contributed by atoms with E-state index in [2.05, 4.69) is 26.3 Å². The first-order chi connectivity index (χ1) is 15.0. The molecular formula is C21H16N6O4. The number of nitrogens with zero attached hydrogens (tertiary/aromatic N) is 5. The third kappa shape index (κ3) is 3.97. The summed E-state index contributed by atoms with van der Waals surface area (Å²) in [6.45, 7) is 3.75. The molecule has 1 N–H and O–H groups in total. The first kappa shape index (κ1) is 19.8. The molecule has 4 rings (SSSR count). The van der Waals surface area contributed by atoms with Crippen molar-refractivity contribution in [3.63, 3.8) is 0 Å². The Balaban J connectivity index is 1.59. The molecule has 0 saturated carbocycles. The van der Waals surface area contributed by atoms with Gasteiger partial charge in [-0.15, -0.1) is 0 Å². The van der Waals surface area contributed by atoms with Crippen LogP contribution in [0.25, 0.3) is 11.0 Å². The van der Waals surface area contributed by atoms with Gasteiger partial charge in [-0.1, -0.05) is 0 Å². The van der Waals surface area contributed by atoms with E-state index < -0.39 is 4.92 Å². The minimum Gasteiger partial charge on any atom is -0.464 e. The molecule has 0 unspecified atom stereocenters. The molecule has 154 valence electrons. The van der Waals surface area contributed by atoms with Gasteiger partial charge in [0.2, 0.25) is 5.95 Å². The van der Waals surface area contributed by atoms with Gasteiger partial charge in [0.25, 0.3) is 5.69 Å². The number of nitrogens with one attached hydrogen (secondary N) is 1. The molecule has 0 aliphatic carbocycles. The number of ether oxygens (including phenoxy) is 1. The van der Waals surface area contributed by atoms with Crippen LogP contribution >= 0.6 is 0 Å². The van der Waals surface area contributed by atoms with Crippen LogP contribution in [0.1, 0.15) is 16.7 Å². The van der Waals surface area contributed by atoms with Crippen LogP contribution < -0.4 is 10.1 Å². The molecule has 2 heterocycles. The smallest absolute Gasteiger partial charge is 0.326 e. The predicted octanol–water partition coefficient (Wildman–Crippen LogP) is 4.74. The summed E-state index contributed by atoms with van der Waals surface area (Å²) in [5.74, 6) is 0.780. The highest BCUT2D eigenvalue weighted by Gasteiger charge is 2.17. The van der Waals surface area contributed by atoms with Crippen LogP contribution in [0.4, 0.5) is 17.3 Å². The average molecular weight is 416 g/mol. The summed E-state index contributed by atoms with van der Waals surface area (Å²) in [4.78, 5) is 22.7. The maximum atomic E-state index is 10.8. The number of non-ortho nitro benzene ring substituents is 1. The lowest BCUT2D eigenvalue weighted by Gasteiger charge is -2.11. The van der Waals surface area contributed by atoms with E-state index in [1.165, 1.54) is 18.5 Å². The van der Waals surface area contributed by atoms with Crippen LogP contribution in [0.5, 0.6) is 11.8 Å². The van der Waals surface area contributed by atoms with E-state index in [1.54, 1.807) is 18.4 Å². The molecule has 0 atom stereocenters. The van der Waals surface area contributed by atoms with Gasteiger partial charge in [-0.2, -0.15) is 15.2 Å². The van der Waals surface area contributed by atoms with E-state index in [-0.39, 0.29) is 24.1 Å². The first-order valence-corrected chi connectivity index (χ1v) is 9.22. The number of nitro groups is 1. The van der Waals surface area contributed by atoms with Crippen molar-refractivity contribution in [3.05, 3.63) is 69.7 Å². The molecule has 10 nitrogen and oxygen atoms in total. The van der Waals surface area contributed by atoms with E-state index in [4.69, 9.17) is 14.4 Å². The van der Waals surface area contributed by atoms with Gasteiger partial charge in [-0.3, -0.25) is 10.1 Å². The predicted molar refractivity (Wildman–Crippen MR) is 111 cm³/mol. The second-order valence-electron chi connectivity index (χ2n) is 6.74. The zero-order valence-electron chi connectivity index (χ0n) is 16.6. The van der Waals surface area contributed by atoms with Crippen LogP contribution in [-0.4, -0.2) is 19.9 Å². The van der Waals surface area contributed by atoms with E-state index in [0.29, 0.717) is 17.0 Å². The molecule has 4 aromatic rings. The van der Waals surface area contributed by atoms with Gasteiger partial charge in [0.05, 0.1) is 23.7 Å². The van der Waals surface area contributed by atoms with Crippen LogP contribution in [0, 0.1) is 35.3 Å². The van der Waals surface area contributed by atoms with Gasteiger partial charge in [-0.25, -0.2) is 4.98 Å². The lowest BCUT2D eigenvalue weighted by molar-refractivity contribution is -0.384. The molecule has 0 fully saturated rings. The van der Waals surface area contributed by atoms with Gasteiger partial charge in [-0.05, 0) is 37.6 Å². The summed E-state index contributed by atoms with van der Waals surface area (Å²) in [6, 6.07) is 9.99. The van der Waals surface area contributed by atoms with Gasteiger partial charge in [0, 0.05) is 34.3 Å². The topological polar surface area (TPSA) is 140 Å². The van der Waals surface area contributed by atoms with Gasteiger partial charge in [0.1, 0.15) is 17.7 Å². The fourth-order valence-corrected chi connectivity index (χ4v) is 3.19. The minimum absolute atomic E-state index is 0.0117. The van der Waals surface area contributed by atoms with Crippen LogP contribution in [0.3, 0.4) is 0 Å². The lowest BCUT2D eigenvalue weighted by Crippen LogP contribution is -2.02. The molecule has 0 spiro atoms. The fourth-order valence-electron chi connectivity index (χ4n) is 3.19. The third-order valence-electron chi connectivity index (χ3n) is 4.66. The van der Waals surface area contributed by atoms with Crippen LogP contribution in [-0.2, 0) is 6.42 Å². The number of aromatic nitrogens is 3. The Labute approximate surface area is 176 Å². The van der Waals surface area contributed by atoms with Crippen LogP contribution in [0.2, 0.25) is 0 Å². The molecule has 0 bridgehead atoms. The second-order valence-corrected chi connectivity index (χ2v) is 6.74. The molecule has 2 aromatic heterocycles. The van der Waals surface area contributed by atoms with Crippen molar-refractivity contribution in [2.24, 2.45) is 0 Å². The maximum Gasteiger partial charge on any atom is 0.326 e. The van der Waals surface area contributed by atoms with Crippen molar-refractivity contribution >= 4 is 28.3 Å². The van der Waals surface area contributed by atoms with Gasteiger partial charge >= 0.3 is 6.01 Å². The number of benzene rings is 2. The highest BCUT2D eigenvalue weighted by atomic mass is 16.6. The summed E-state index contributed by atoms with van der Waals surface area (Å²) in [7, 11) is 0. The monoisotopic (exact) mass is 416 g/mol.